The molecule has 1 atom stereocenters. The number of nitrogens with one attached hydrogen (secondary N) is 1. The summed E-state index contributed by atoms with van der Waals surface area (Å²) >= 11 is 0. The first-order chi connectivity index (χ1) is 18.7. The highest BCUT2D eigenvalue weighted by atomic mass is 19.1. The van der Waals surface area contributed by atoms with E-state index in [0.29, 0.717) is 37.0 Å². The number of ether oxygens (including phenoxy) is 2. The molecule has 0 amide bonds. The Morgan fingerprint density at radius 3 is 2.51 bits per heavy atom. The lowest BCUT2D eigenvalue weighted by Gasteiger charge is -2.46. The van der Waals surface area contributed by atoms with Crippen LogP contribution in [0.3, 0.4) is 0 Å². The maximum atomic E-state index is 13.4. The molecule has 0 saturated heterocycles. The van der Waals surface area contributed by atoms with Crippen molar-refractivity contribution >= 4 is 23.4 Å². The number of nitrogens with zero attached hydrogens (tertiary/aromatic N) is 3. The zero-order chi connectivity index (χ0) is 27.6. The highest BCUT2D eigenvalue weighted by molar-refractivity contribution is 5.69. The topological polar surface area (TPSA) is 76.6 Å². The average Bonchev–Trinajstić information content (AvgIpc) is 2.91. The molecule has 2 heterocycles. The summed E-state index contributed by atoms with van der Waals surface area (Å²) in [5.74, 6) is 1.08. The fraction of sp³-hybridized carbons (Fsp3) is 0.258. The zero-order valence-corrected chi connectivity index (χ0v) is 22.5. The van der Waals surface area contributed by atoms with Crippen molar-refractivity contribution in [2.24, 2.45) is 0 Å². The summed E-state index contributed by atoms with van der Waals surface area (Å²) in [4.78, 5) is 23.8. The highest BCUT2D eigenvalue weighted by Gasteiger charge is 2.43. The van der Waals surface area contributed by atoms with Gasteiger partial charge in [-0.15, -0.1) is 0 Å². The van der Waals surface area contributed by atoms with Gasteiger partial charge in [-0.1, -0.05) is 30.3 Å². The van der Waals surface area contributed by atoms with Gasteiger partial charge in [-0.25, -0.2) is 9.37 Å². The van der Waals surface area contributed by atoms with Gasteiger partial charge >= 0.3 is 5.97 Å². The van der Waals surface area contributed by atoms with E-state index in [1.54, 1.807) is 12.1 Å². The van der Waals surface area contributed by atoms with Gasteiger partial charge < -0.3 is 19.7 Å². The lowest BCUT2D eigenvalue weighted by atomic mass is 9.89. The fourth-order valence-corrected chi connectivity index (χ4v) is 4.94. The van der Waals surface area contributed by atoms with Gasteiger partial charge in [0, 0.05) is 36.0 Å². The number of anilines is 3. The molecule has 1 aromatic heterocycles. The molecular formula is C31H31FN4O3. The van der Waals surface area contributed by atoms with Crippen molar-refractivity contribution in [3.05, 3.63) is 107 Å². The molecule has 0 spiro atoms. The Morgan fingerprint density at radius 1 is 1.05 bits per heavy atom. The van der Waals surface area contributed by atoms with Crippen molar-refractivity contribution in [1.29, 1.82) is 0 Å². The lowest BCUT2D eigenvalue weighted by molar-refractivity contribution is -0.157. The van der Waals surface area contributed by atoms with E-state index in [2.05, 4.69) is 10.3 Å². The Morgan fingerprint density at radius 2 is 1.79 bits per heavy atom. The summed E-state index contributed by atoms with van der Waals surface area (Å²) in [6, 6.07) is 21.9. The Balaban J connectivity index is 1.48. The van der Waals surface area contributed by atoms with Crippen LogP contribution in [0.5, 0.6) is 5.75 Å². The molecule has 0 bridgehead atoms. The number of aryl methyl sites for hydroxylation is 1. The van der Waals surface area contributed by atoms with E-state index in [9.17, 15) is 9.18 Å². The van der Waals surface area contributed by atoms with E-state index in [1.807, 2.05) is 74.2 Å². The van der Waals surface area contributed by atoms with Crippen molar-refractivity contribution in [2.45, 2.75) is 46.4 Å². The van der Waals surface area contributed by atoms with Gasteiger partial charge in [-0.3, -0.25) is 4.79 Å². The molecule has 5 rings (SSSR count). The molecule has 0 radical (unpaired) electrons. The summed E-state index contributed by atoms with van der Waals surface area (Å²) in [5, 5.41) is 3.16. The minimum absolute atomic E-state index is 0.319. The van der Waals surface area contributed by atoms with Crippen LogP contribution in [0.2, 0.25) is 0 Å². The third-order valence-corrected chi connectivity index (χ3v) is 7.01. The maximum Gasteiger partial charge on any atom is 0.305 e. The molecule has 3 aromatic carbocycles. The van der Waals surface area contributed by atoms with E-state index in [-0.39, 0.29) is 5.82 Å². The van der Waals surface area contributed by atoms with E-state index in [1.165, 1.54) is 19.1 Å². The Bertz CT molecular complexity index is 1490. The first-order valence-corrected chi connectivity index (χ1v) is 12.9. The standard InChI is InChI=1S/C31H31FN4O3/c1-20-21(2)33-30(34-26-12-10-25(32)11-13-26)35-29(20)36-17-16-24-18-27(38-19-23-8-6-5-7-9-23)14-15-28(24)31(36,4)39-22(3)37/h5-15,18H,16-17,19H2,1-4H3,(H,33,34,35). The molecule has 4 aromatic rings. The molecule has 8 heteroatoms. The third kappa shape index (κ3) is 5.55. The molecule has 7 nitrogen and oxygen atoms in total. The van der Waals surface area contributed by atoms with E-state index >= 15 is 0 Å². The molecule has 1 unspecified atom stereocenters. The van der Waals surface area contributed by atoms with Crippen LogP contribution in [0.25, 0.3) is 0 Å². The SMILES string of the molecule is CC(=O)OC1(C)c2ccc(OCc3ccccc3)cc2CCN1c1nc(Nc2ccc(F)cc2)nc(C)c1C. The van der Waals surface area contributed by atoms with Gasteiger partial charge in [0.2, 0.25) is 11.7 Å². The predicted molar refractivity (Wildman–Crippen MR) is 149 cm³/mol. The normalized spacial score (nSPS) is 16.4. The number of hydrogen-bond donors (Lipinski definition) is 1. The lowest BCUT2D eigenvalue weighted by Crippen LogP contribution is -2.52. The van der Waals surface area contributed by atoms with Crippen LogP contribution in [0.1, 0.15) is 41.8 Å². The molecule has 1 N–H and O–H groups in total. The molecule has 0 fully saturated rings. The number of carbonyl (C=O) groups excluding carboxylic acids is 1. The molecule has 0 aliphatic carbocycles. The van der Waals surface area contributed by atoms with Crippen molar-refractivity contribution in [3.8, 4) is 5.75 Å². The number of aromatic nitrogens is 2. The molecule has 1 aliphatic rings. The number of halogens is 1. The summed E-state index contributed by atoms with van der Waals surface area (Å²) in [7, 11) is 0. The van der Waals surface area contributed by atoms with Crippen LogP contribution >= 0.6 is 0 Å². The third-order valence-electron chi connectivity index (χ3n) is 7.01. The van der Waals surface area contributed by atoms with Crippen LogP contribution in [0, 0.1) is 19.7 Å². The number of carbonyl (C=O) groups is 1. The van der Waals surface area contributed by atoms with Crippen molar-refractivity contribution in [3.63, 3.8) is 0 Å². The minimum atomic E-state index is -1.10. The van der Waals surface area contributed by atoms with Crippen LogP contribution in [0.4, 0.5) is 21.8 Å². The molecule has 200 valence electrons. The summed E-state index contributed by atoms with van der Waals surface area (Å²) in [6.45, 7) is 8.20. The van der Waals surface area contributed by atoms with Gasteiger partial charge in [0.1, 0.15) is 24.0 Å². The number of rotatable bonds is 7. The minimum Gasteiger partial charge on any atom is -0.489 e. The number of esters is 1. The summed E-state index contributed by atoms with van der Waals surface area (Å²) in [5.41, 5.74) is 4.24. The largest absolute Gasteiger partial charge is 0.489 e. The quantitative estimate of drug-likeness (QED) is 0.281. The van der Waals surface area contributed by atoms with Gasteiger partial charge in [0.05, 0.1) is 0 Å². The van der Waals surface area contributed by atoms with Crippen molar-refractivity contribution in [1.82, 2.24) is 9.97 Å². The Kier molecular flexibility index (Phi) is 7.19. The second-order valence-electron chi connectivity index (χ2n) is 9.78. The van der Waals surface area contributed by atoms with Gasteiger partial charge in [0.25, 0.3) is 0 Å². The van der Waals surface area contributed by atoms with E-state index in [4.69, 9.17) is 14.5 Å². The Labute approximate surface area is 227 Å². The first-order valence-electron chi connectivity index (χ1n) is 12.9. The number of fused-ring (bicyclic) bond motifs is 1. The second kappa shape index (κ2) is 10.7. The van der Waals surface area contributed by atoms with Crippen LogP contribution < -0.4 is 15.0 Å². The Hall–Kier alpha value is -4.46. The van der Waals surface area contributed by atoms with Crippen LogP contribution in [0.15, 0.2) is 72.8 Å². The van der Waals surface area contributed by atoms with Gasteiger partial charge in [-0.05, 0) is 80.8 Å². The van der Waals surface area contributed by atoms with Crippen LogP contribution in [-0.4, -0.2) is 22.5 Å². The summed E-state index contributed by atoms with van der Waals surface area (Å²) < 4.78 is 25.5. The summed E-state index contributed by atoms with van der Waals surface area (Å²) in [6.07, 6.45) is 0.706. The van der Waals surface area contributed by atoms with E-state index in [0.717, 1.165) is 33.7 Å². The fourth-order valence-electron chi connectivity index (χ4n) is 4.94. The second-order valence-corrected chi connectivity index (χ2v) is 9.78. The first kappa shape index (κ1) is 26.2. The van der Waals surface area contributed by atoms with Crippen LogP contribution in [-0.2, 0) is 28.3 Å². The molecule has 39 heavy (non-hydrogen) atoms. The van der Waals surface area contributed by atoms with Gasteiger partial charge in [0.15, 0.2) is 0 Å². The zero-order valence-electron chi connectivity index (χ0n) is 22.5. The maximum absolute atomic E-state index is 13.4. The number of hydrogen-bond acceptors (Lipinski definition) is 7. The van der Waals surface area contributed by atoms with Crippen molar-refractivity contribution < 1.29 is 18.7 Å². The highest BCUT2D eigenvalue weighted by Crippen LogP contribution is 2.42. The molecular weight excluding hydrogens is 495 g/mol. The molecule has 1 aliphatic heterocycles. The smallest absolute Gasteiger partial charge is 0.305 e. The molecule has 0 saturated carbocycles. The van der Waals surface area contributed by atoms with Gasteiger partial charge in [-0.2, -0.15) is 4.98 Å². The monoisotopic (exact) mass is 526 g/mol. The average molecular weight is 527 g/mol. The number of benzene rings is 3. The van der Waals surface area contributed by atoms with E-state index < -0.39 is 11.7 Å². The van der Waals surface area contributed by atoms with Crippen molar-refractivity contribution in [2.75, 3.05) is 16.8 Å². The predicted octanol–water partition coefficient (Wildman–Crippen LogP) is 6.35.